The van der Waals surface area contributed by atoms with Gasteiger partial charge in [0.25, 0.3) is 0 Å². The molecule has 0 aliphatic carbocycles. The molecule has 102 valence electrons. The minimum Gasteiger partial charge on any atom is -0.361 e. The van der Waals surface area contributed by atoms with E-state index >= 15 is 0 Å². The van der Waals surface area contributed by atoms with Gasteiger partial charge in [-0.15, -0.1) is 0 Å². The van der Waals surface area contributed by atoms with E-state index in [0.717, 1.165) is 29.1 Å². The Balaban J connectivity index is 1.48. The summed E-state index contributed by atoms with van der Waals surface area (Å²) in [5.74, 6) is 2.47. The molecule has 2 saturated heterocycles. The zero-order chi connectivity index (χ0) is 12.9. The van der Waals surface area contributed by atoms with E-state index in [-0.39, 0.29) is 0 Å². The fourth-order valence-corrected chi connectivity index (χ4v) is 4.67. The van der Waals surface area contributed by atoms with Crippen molar-refractivity contribution in [2.24, 2.45) is 4.99 Å². The Hall–Kier alpha value is -0.610. The largest absolute Gasteiger partial charge is 0.361 e. The molecule has 3 rings (SSSR count). The Morgan fingerprint density at radius 3 is 2.95 bits per heavy atom. The monoisotopic (exact) mass is 292 g/mol. The number of hydrogen-bond acceptors (Lipinski definition) is 3. The lowest BCUT2D eigenvalue weighted by Crippen LogP contribution is -2.29. The third-order valence-electron chi connectivity index (χ3n) is 3.54. The van der Waals surface area contributed by atoms with Crippen molar-refractivity contribution in [2.75, 3.05) is 18.1 Å². The van der Waals surface area contributed by atoms with Crippen molar-refractivity contribution in [1.82, 2.24) is 5.32 Å². The standard InChI is InChI=1S/C15H20N2S2/c1-2-5-12(6-3-1)9-13-11-19-15(17-13)16-10-14-7-4-8-18-14/h1-3,5-6,13-14H,4,7-11H2,(H,16,17). The predicted octanol–water partition coefficient (Wildman–Crippen LogP) is 3.19. The van der Waals surface area contributed by atoms with Gasteiger partial charge in [-0.2, -0.15) is 11.8 Å². The summed E-state index contributed by atoms with van der Waals surface area (Å²) in [7, 11) is 0. The van der Waals surface area contributed by atoms with Gasteiger partial charge in [-0.25, -0.2) is 0 Å². The molecule has 1 aromatic rings. The number of nitrogens with zero attached hydrogens (tertiary/aromatic N) is 1. The minimum atomic E-state index is 0.544. The molecule has 4 heteroatoms. The van der Waals surface area contributed by atoms with Gasteiger partial charge in [-0.1, -0.05) is 42.1 Å². The number of nitrogens with one attached hydrogen (secondary N) is 1. The van der Waals surface area contributed by atoms with Crippen molar-refractivity contribution >= 4 is 28.7 Å². The van der Waals surface area contributed by atoms with E-state index in [1.54, 1.807) is 0 Å². The lowest BCUT2D eigenvalue weighted by atomic mass is 10.1. The zero-order valence-electron chi connectivity index (χ0n) is 11.0. The van der Waals surface area contributed by atoms with Crippen LogP contribution in [0.25, 0.3) is 0 Å². The van der Waals surface area contributed by atoms with E-state index in [0.29, 0.717) is 6.04 Å². The Morgan fingerprint density at radius 2 is 2.16 bits per heavy atom. The van der Waals surface area contributed by atoms with Crippen LogP contribution in [-0.4, -0.2) is 34.5 Å². The molecule has 2 aliphatic rings. The van der Waals surface area contributed by atoms with Crippen molar-refractivity contribution in [3.8, 4) is 0 Å². The first-order valence-corrected chi connectivity index (χ1v) is 9.03. The average Bonchev–Trinajstić information content (AvgIpc) is 3.09. The normalized spacial score (nSPS) is 28.7. The summed E-state index contributed by atoms with van der Waals surface area (Å²) < 4.78 is 0. The van der Waals surface area contributed by atoms with E-state index in [9.17, 15) is 0 Å². The van der Waals surface area contributed by atoms with Gasteiger partial charge in [-0.05, 0) is 30.6 Å². The van der Waals surface area contributed by atoms with Crippen LogP contribution in [0, 0.1) is 0 Å². The Labute approximate surface area is 123 Å². The summed E-state index contributed by atoms with van der Waals surface area (Å²) in [6, 6.07) is 11.3. The van der Waals surface area contributed by atoms with Gasteiger partial charge in [0.2, 0.25) is 0 Å². The SMILES string of the molecule is c1ccc(CC2CSC(=NCC3CCCS3)N2)cc1. The Kier molecular flexibility index (Phi) is 4.72. The first-order valence-electron chi connectivity index (χ1n) is 6.99. The van der Waals surface area contributed by atoms with Crippen LogP contribution in [0.15, 0.2) is 35.3 Å². The molecule has 0 bridgehead atoms. The fourth-order valence-electron chi connectivity index (χ4n) is 2.51. The molecule has 0 radical (unpaired) electrons. The molecule has 2 heterocycles. The number of amidine groups is 1. The topological polar surface area (TPSA) is 24.4 Å². The Morgan fingerprint density at radius 1 is 1.26 bits per heavy atom. The Bertz CT molecular complexity index is 427. The molecule has 0 aromatic heterocycles. The van der Waals surface area contributed by atoms with Crippen LogP contribution in [0.5, 0.6) is 0 Å². The first-order chi connectivity index (χ1) is 9.40. The number of rotatable bonds is 4. The molecule has 0 spiro atoms. The lowest BCUT2D eigenvalue weighted by molar-refractivity contribution is 0.685. The third-order valence-corrected chi connectivity index (χ3v) is 6.01. The maximum Gasteiger partial charge on any atom is 0.156 e. The molecule has 2 atom stereocenters. The van der Waals surface area contributed by atoms with Gasteiger partial charge >= 0.3 is 0 Å². The fraction of sp³-hybridized carbons (Fsp3) is 0.533. The highest BCUT2D eigenvalue weighted by molar-refractivity contribution is 8.14. The van der Waals surface area contributed by atoms with Gasteiger partial charge in [0.1, 0.15) is 0 Å². The maximum absolute atomic E-state index is 4.74. The second-order valence-electron chi connectivity index (χ2n) is 5.12. The average molecular weight is 292 g/mol. The van der Waals surface area contributed by atoms with Crippen molar-refractivity contribution < 1.29 is 0 Å². The van der Waals surface area contributed by atoms with Crippen LogP contribution in [0.2, 0.25) is 0 Å². The molecule has 0 amide bonds. The highest BCUT2D eigenvalue weighted by Crippen LogP contribution is 2.26. The molecule has 0 saturated carbocycles. The van der Waals surface area contributed by atoms with Crippen LogP contribution < -0.4 is 5.32 Å². The minimum absolute atomic E-state index is 0.544. The van der Waals surface area contributed by atoms with Gasteiger partial charge in [0.05, 0.1) is 6.54 Å². The van der Waals surface area contributed by atoms with Gasteiger partial charge < -0.3 is 5.32 Å². The van der Waals surface area contributed by atoms with Gasteiger partial charge in [0.15, 0.2) is 5.17 Å². The van der Waals surface area contributed by atoms with Crippen LogP contribution in [0.3, 0.4) is 0 Å². The van der Waals surface area contributed by atoms with Crippen molar-refractivity contribution in [3.05, 3.63) is 35.9 Å². The third kappa shape index (κ3) is 3.93. The highest BCUT2D eigenvalue weighted by atomic mass is 32.2. The second kappa shape index (κ2) is 6.71. The highest BCUT2D eigenvalue weighted by Gasteiger charge is 2.21. The van der Waals surface area contributed by atoms with Crippen molar-refractivity contribution in [2.45, 2.75) is 30.6 Å². The molecule has 2 aliphatic heterocycles. The number of benzene rings is 1. The summed E-state index contributed by atoms with van der Waals surface area (Å²) in [4.78, 5) is 4.74. The van der Waals surface area contributed by atoms with Gasteiger partial charge in [0, 0.05) is 17.0 Å². The van der Waals surface area contributed by atoms with Crippen molar-refractivity contribution in [1.29, 1.82) is 0 Å². The maximum atomic E-state index is 4.74. The lowest BCUT2D eigenvalue weighted by Gasteiger charge is -2.10. The molecule has 2 nitrogen and oxygen atoms in total. The number of hydrogen-bond donors (Lipinski definition) is 1. The summed E-state index contributed by atoms with van der Waals surface area (Å²) >= 11 is 3.97. The van der Waals surface area contributed by atoms with Crippen LogP contribution in [-0.2, 0) is 6.42 Å². The van der Waals surface area contributed by atoms with E-state index in [1.165, 1.54) is 24.2 Å². The molecule has 1 N–H and O–H groups in total. The molecular weight excluding hydrogens is 272 g/mol. The van der Waals surface area contributed by atoms with E-state index < -0.39 is 0 Å². The smallest absolute Gasteiger partial charge is 0.156 e. The summed E-state index contributed by atoms with van der Waals surface area (Å²) in [5, 5.41) is 5.49. The van der Waals surface area contributed by atoms with Crippen LogP contribution >= 0.6 is 23.5 Å². The summed E-state index contributed by atoms with van der Waals surface area (Å²) in [6.45, 7) is 0.998. The quantitative estimate of drug-likeness (QED) is 0.922. The van der Waals surface area contributed by atoms with Crippen molar-refractivity contribution in [3.63, 3.8) is 0 Å². The molecule has 19 heavy (non-hydrogen) atoms. The molecular formula is C15H20N2S2. The number of thioether (sulfide) groups is 2. The van der Waals surface area contributed by atoms with E-state index in [4.69, 9.17) is 4.99 Å². The molecule has 2 fully saturated rings. The predicted molar refractivity (Wildman–Crippen MR) is 87.3 cm³/mol. The summed E-state index contributed by atoms with van der Waals surface area (Å²) in [5.41, 5.74) is 1.41. The first kappa shape index (κ1) is 13.4. The van der Waals surface area contributed by atoms with Gasteiger partial charge in [-0.3, -0.25) is 4.99 Å². The molecule has 2 unspecified atom stereocenters. The second-order valence-corrected chi connectivity index (χ2v) is 7.54. The van der Waals surface area contributed by atoms with E-state index in [2.05, 4.69) is 47.4 Å². The zero-order valence-corrected chi connectivity index (χ0v) is 12.7. The number of aliphatic imine (C=N–C) groups is 1. The van der Waals surface area contributed by atoms with Crippen LogP contribution in [0.1, 0.15) is 18.4 Å². The summed E-state index contributed by atoms with van der Waals surface area (Å²) in [6.07, 6.45) is 3.82. The van der Waals surface area contributed by atoms with E-state index in [1.807, 2.05) is 11.8 Å². The molecule has 1 aromatic carbocycles. The van der Waals surface area contributed by atoms with Crippen LogP contribution in [0.4, 0.5) is 0 Å².